The lowest BCUT2D eigenvalue weighted by atomic mass is 9.86. The average Bonchev–Trinajstić information content (AvgIpc) is 3.26. The van der Waals surface area contributed by atoms with Crippen LogP contribution in [0.2, 0.25) is 10.0 Å². The van der Waals surface area contributed by atoms with E-state index in [1.165, 1.54) is 11.1 Å². The Morgan fingerprint density at radius 1 is 0.974 bits per heavy atom. The maximum absolute atomic E-state index is 12.6. The first-order valence-corrected chi connectivity index (χ1v) is 14.5. The second kappa shape index (κ2) is 12.3. The molecule has 1 aliphatic heterocycles. The predicted molar refractivity (Wildman–Crippen MR) is 157 cm³/mol. The van der Waals surface area contributed by atoms with Crippen molar-refractivity contribution in [1.82, 2.24) is 4.90 Å². The van der Waals surface area contributed by atoms with Crippen molar-refractivity contribution in [3.8, 4) is 0 Å². The van der Waals surface area contributed by atoms with Crippen LogP contribution in [0.3, 0.4) is 0 Å². The normalized spacial score (nSPS) is 17.9. The lowest BCUT2D eigenvalue weighted by Crippen LogP contribution is -2.22. The van der Waals surface area contributed by atoms with Crippen molar-refractivity contribution in [3.63, 3.8) is 0 Å². The van der Waals surface area contributed by atoms with Crippen LogP contribution in [0.15, 0.2) is 60.7 Å². The van der Waals surface area contributed by atoms with Gasteiger partial charge in [-0.3, -0.25) is 9.18 Å². The summed E-state index contributed by atoms with van der Waals surface area (Å²) in [4.78, 5) is 14.3. The summed E-state index contributed by atoms with van der Waals surface area (Å²) in [7, 11) is 0. The summed E-state index contributed by atoms with van der Waals surface area (Å²) >= 11 is 18.8. The monoisotopic (exact) mass is 569 g/mol. The highest BCUT2D eigenvalue weighted by atomic mass is 35.5. The van der Waals surface area contributed by atoms with E-state index in [4.69, 9.17) is 34.8 Å². The van der Waals surface area contributed by atoms with Gasteiger partial charge in [-0.05, 0) is 126 Å². The molecule has 5 rings (SSSR count). The van der Waals surface area contributed by atoms with E-state index in [0.29, 0.717) is 27.9 Å². The van der Waals surface area contributed by atoms with Gasteiger partial charge in [0.2, 0.25) is 0 Å². The van der Waals surface area contributed by atoms with E-state index in [0.717, 1.165) is 79.6 Å². The van der Waals surface area contributed by atoms with Gasteiger partial charge in [0.25, 0.3) is 5.24 Å². The molecule has 3 aromatic rings. The zero-order chi connectivity index (χ0) is 26.6. The molecule has 1 fully saturated rings. The Bertz CT molecular complexity index is 1350. The average molecular weight is 571 g/mol. The predicted octanol–water partition coefficient (Wildman–Crippen LogP) is 8.89. The number of rotatable bonds is 8. The number of likely N-dealkylation sites (tertiary alicyclic amines) is 1. The number of carbonyl (C=O) groups is 1. The molecule has 198 valence electrons. The molecule has 1 heterocycles. The lowest BCUT2D eigenvalue weighted by Gasteiger charge is -2.19. The van der Waals surface area contributed by atoms with Crippen LogP contribution in [0.4, 0.5) is 4.39 Å². The van der Waals surface area contributed by atoms with Crippen molar-refractivity contribution in [1.29, 1.82) is 0 Å². The Balaban J connectivity index is 1.51. The fraction of sp³-hybridized carbons (Fsp3) is 0.344. The van der Waals surface area contributed by atoms with Crippen LogP contribution in [0, 0.1) is 5.92 Å². The second-order valence-corrected chi connectivity index (χ2v) is 11.6. The summed E-state index contributed by atoms with van der Waals surface area (Å²) in [5.74, 6) is 0.605. The van der Waals surface area contributed by atoms with E-state index in [-0.39, 0.29) is 6.67 Å². The lowest BCUT2D eigenvalue weighted by molar-refractivity contribution is 0.108. The number of nitrogens with zero attached hydrogens (tertiary/aromatic N) is 1. The Morgan fingerprint density at radius 2 is 1.76 bits per heavy atom. The zero-order valence-corrected chi connectivity index (χ0v) is 23.6. The highest BCUT2D eigenvalue weighted by Crippen LogP contribution is 2.42. The minimum Gasteiger partial charge on any atom is -0.303 e. The number of alkyl halides is 1. The number of carbonyl (C=O) groups excluding carboxylic acids is 1. The van der Waals surface area contributed by atoms with Crippen molar-refractivity contribution < 1.29 is 9.18 Å². The summed E-state index contributed by atoms with van der Waals surface area (Å²) < 4.78 is 12.6. The Kier molecular flexibility index (Phi) is 8.90. The summed E-state index contributed by atoms with van der Waals surface area (Å²) in [6, 6.07) is 20.3. The maximum Gasteiger partial charge on any atom is 0.252 e. The second-order valence-electron chi connectivity index (χ2n) is 10.4. The molecule has 0 amide bonds. The number of halogens is 4. The van der Waals surface area contributed by atoms with E-state index < -0.39 is 5.24 Å². The van der Waals surface area contributed by atoms with Crippen LogP contribution < -0.4 is 0 Å². The van der Waals surface area contributed by atoms with E-state index >= 15 is 0 Å². The van der Waals surface area contributed by atoms with Gasteiger partial charge in [0, 0.05) is 28.7 Å². The summed E-state index contributed by atoms with van der Waals surface area (Å²) in [6.45, 7) is 2.71. The standard InChI is InChI=1S/C32H31Cl3FNO/c33-26-10-12-28(30(34)19-26)29-4-1-3-24-18-25(32(35)38)9-11-27(24)31(29)23-7-5-21(6-8-23)17-22-13-16-37(20-22)15-2-14-36/h5-12,18-19,22H,1-4,13-17,20H2. The molecule has 0 N–H and O–H groups in total. The first kappa shape index (κ1) is 27.4. The fourth-order valence-electron chi connectivity index (χ4n) is 5.95. The first-order valence-electron chi connectivity index (χ1n) is 13.3. The van der Waals surface area contributed by atoms with E-state index in [1.54, 1.807) is 6.07 Å². The molecular weight excluding hydrogens is 540 g/mol. The molecule has 1 saturated heterocycles. The number of allylic oxidation sites excluding steroid dienone is 1. The number of aryl methyl sites for hydroxylation is 1. The molecule has 1 atom stereocenters. The zero-order valence-electron chi connectivity index (χ0n) is 21.3. The molecule has 2 nitrogen and oxygen atoms in total. The molecular formula is C32H31Cl3FNO. The van der Waals surface area contributed by atoms with Gasteiger partial charge in [-0.1, -0.05) is 59.6 Å². The first-order chi connectivity index (χ1) is 18.4. The van der Waals surface area contributed by atoms with Crippen LogP contribution >= 0.6 is 34.8 Å². The number of fused-ring (bicyclic) bond motifs is 1. The van der Waals surface area contributed by atoms with Crippen LogP contribution in [-0.4, -0.2) is 36.5 Å². The molecule has 0 aromatic heterocycles. The molecule has 1 aliphatic carbocycles. The van der Waals surface area contributed by atoms with E-state index in [9.17, 15) is 9.18 Å². The van der Waals surface area contributed by atoms with Crippen LogP contribution in [-0.2, 0) is 12.8 Å². The largest absolute Gasteiger partial charge is 0.303 e. The van der Waals surface area contributed by atoms with Gasteiger partial charge in [0.15, 0.2) is 0 Å². The van der Waals surface area contributed by atoms with Gasteiger partial charge >= 0.3 is 0 Å². The van der Waals surface area contributed by atoms with Gasteiger partial charge in [-0.2, -0.15) is 0 Å². The van der Waals surface area contributed by atoms with Crippen molar-refractivity contribution in [2.75, 3.05) is 26.3 Å². The topological polar surface area (TPSA) is 20.3 Å². The number of hydrogen-bond donors (Lipinski definition) is 0. The van der Waals surface area contributed by atoms with Gasteiger partial charge in [0.1, 0.15) is 0 Å². The van der Waals surface area contributed by atoms with Gasteiger partial charge < -0.3 is 4.90 Å². The van der Waals surface area contributed by atoms with Crippen molar-refractivity contribution in [2.24, 2.45) is 5.92 Å². The van der Waals surface area contributed by atoms with Crippen LogP contribution in [0.25, 0.3) is 11.1 Å². The third-order valence-corrected chi connectivity index (χ3v) is 8.54. The molecule has 1 unspecified atom stereocenters. The summed E-state index contributed by atoms with van der Waals surface area (Å²) in [6.07, 6.45) is 5.45. The summed E-state index contributed by atoms with van der Waals surface area (Å²) in [5, 5.41) is 0.805. The Morgan fingerprint density at radius 3 is 2.50 bits per heavy atom. The molecule has 0 spiro atoms. The van der Waals surface area contributed by atoms with Gasteiger partial charge in [-0.15, -0.1) is 0 Å². The molecule has 6 heteroatoms. The SMILES string of the molecule is O=C(Cl)c1ccc2c(c1)CCCC(c1ccc(Cl)cc1Cl)=C2c1ccc(CC2CCN(CCCF)C2)cc1. The van der Waals surface area contributed by atoms with E-state index in [2.05, 4.69) is 29.2 Å². The Hall–Kier alpha value is -2.17. The number of hydrogen-bond acceptors (Lipinski definition) is 2. The van der Waals surface area contributed by atoms with Crippen molar-refractivity contribution in [2.45, 2.75) is 38.5 Å². The third kappa shape index (κ3) is 6.18. The maximum atomic E-state index is 12.6. The molecule has 2 aliphatic rings. The van der Waals surface area contributed by atoms with Crippen molar-refractivity contribution in [3.05, 3.63) is 104 Å². The number of benzene rings is 3. The Labute approximate surface area is 239 Å². The highest BCUT2D eigenvalue weighted by molar-refractivity contribution is 6.67. The molecule has 0 bridgehead atoms. The van der Waals surface area contributed by atoms with Gasteiger partial charge in [-0.25, -0.2) is 0 Å². The molecule has 38 heavy (non-hydrogen) atoms. The van der Waals surface area contributed by atoms with Gasteiger partial charge in [0.05, 0.1) is 6.67 Å². The summed E-state index contributed by atoms with van der Waals surface area (Å²) in [5.41, 5.74) is 8.49. The minimum absolute atomic E-state index is 0.242. The molecule has 0 radical (unpaired) electrons. The van der Waals surface area contributed by atoms with Crippen molar-refractivity contribution >= 4 is 51.2 Å². The fourth-order valence-corrected chi connectivity index (χ4v) is 6.59. The highest BCUT2D eigenvalue weighted by Gasteiger charge is 2.24. The van der Waals surface area contributed by atoms with E-state index in [1.807, 2.05) is 30.3 Å². The van der Waals surface area contributed by atoms with Crippen LogP contribution in [0.1, 0.15) is 63.9 Å². The smallest absolute Gasteiger partial charge is 0.252 e. The molecule has 0 saturated carbocycles. The molecule has 3 aromatic carbocycles. The third-order valence-electron chi connectivity index (χ3n) is 7.78. The van der Waals surface area contributed by atoms with Crippen LogP contribution in [0.5, 0.6) is 0 Å². The minimum atomic E-state index is -0.442. The quantitative estimate of drug-likeness (QED) is 0.252.